The first kappa shape index (κ1) is 34.0. The van der Waals surface area contributed by atoms with Crippen molar-refractivity contribution in [3.63, 3.8) is 0 Å². The van der Waals surface area contributed by atoms with E-state index in [1.807, 2.05) is 0 Å². The molecular formula is C59H37NO. The van der Waals surface area contributed by atoms with Crippen molar-refractivity contribution in [1.29, 1.82) is 0 Å². The predicted molar refractivity (Wildman–Crippen MR) is 254 cm³/mol. The Balaban J connectivity index is 1.02. The predicted octanol–water partition coefficient (Wildman–Crippen LogP) is 15.9. The van der Waals surface area contributed by atoms with E-state index in [2.05, 4.69) is 229 Å². The fourth-order valence-corrected chi connectivity index (χ4v) is 10.6. The molecule has 11 aromatic carbocycles. The van der Waals surface area contributed by atoms with Gasteiger partial charge in [-0.1, -0.05) is 188 Å². The van der Waals surface area contributed by atoms with Crippen LogP contribution < -0.4 is 9.64 Å². The van der Waals surface area contributed by atoms with Crippen molar-refractivity contribution >= 4 is 60.2 Å². The first-order valence-electron chi connectivity index (χ1n) is 21.1. The summed E-state index contributed by atoms with van der Waals surface area (Å²) in [6, 6.07) is 82.3. The fourth-order valence-electron chi connectivity index (χ4n) is 10.6. The molecule has 2 heteroatoms. The molecule has 0 fully saturated rings. The zero-order chi connectivity index (χ0) is 40.1. The van der Waals surface area contributed by atoms with Gasteiger partial charge in [0.25, 0.3) is 0 Å². The summed E-state index contributed by atoms with van der Waals surface area (Å²) < 4.78 is 7.19. The number of hydrogen-bond acceptors (Lipinski definition) is 2. The third-order valence-electron chi connectivity index (χ3n) is 13.3. The summed E-state index contributed by atoms with van der Waals surface area (Å²) in [5, 5.41) is 9.47. The summed E-state index contributed by atoms with van der Waals surface area (Å²) in [6.07, 6.45) is 0. The maximum Gasteiger partial charge on any atom is 0.140 e. The van der Waals surface area contributed by atoms with Gasteiger partial charge < -0.3 is 9.64 Å². The molecule has 0 bridgehead atoms. The monoisotopic (exact) mass is 775 g/mol. The highest BCUT2D eigenvalue weighted by atomic mass is 16.5. The van der Waals surface area contributed by atoms with Gasteiger partial charge in [0.1, 0.15) is 11.5 Å². The van der Waals surface area contributed by atoms with Gasteiger partial charge in [-0.3, -0.25) is 0 Å². The van der Waals surface area contributed by atoms with Gasteiger partial charge in [0.05, 0.1) is 5.41 Å². The normalized spacial score (nSPS) is 13.2. The Labute approximate surface area is 354 Å². The summed E-state index contributed by atoms with van der Waals surface area (Å²) >= 11 is 0. The molecule has 1 heterocycles. The first-order valence-corrected chi connectivity index (χ1v) is 21.1. The fraction of sp³-hybridized carbons (Fsp3) is 0.0169. The first-order chi connectivity index (χ1) is 30.2. The van der Waals surface area contributed by atoms with Crippen molar-refractivity contribution < 1.29 is 4.74 Å². The van der Waals surface area contributed by atoms with Gasteiger partial charge in [-0.2, -0.15) is 0 Å². The second-order valence-corrected chi connectivity index (χ2v) is 16.4. The molecule has 0 aromatic heterocycles. The topological polar surface area (TPSA) is 12.5 Å². The standard InChI is InChI=1S/C59H37NO/c1-3-16-43-36-46(32-24-38(43)12-1)60(47-33-25-39-13-2-4-17-44(39)37-47)45-30-26-42(27-31-45)48-21-11-23-53-56(48)51-20-9-10-22-52(51)59(53)54-34-28-40-14-5-7-18-49(40)57(54)61-58-50-19-8-6-15-41(50)29-35-55(58)59/h1-37H. The van der Waals surface area contributed by atoms with Gasteiger partial charge in [-0.15, -0.1) is 0 Å². The van der Waals surface area contributed by atoms with E-state index in [9.17, 15) is 0 Å². The molecule has 0 N–H and O–H groups in total. The van der Waals surface area contributed by atoms with Crippen molar-refractivity contribution in [2.45, 2.75) is 5.41 Å². The average molecular weight is 776 g/mol. The quantitative estimate of drug-likeness (QED) is 0.177. The van der Waals surface area contributed by atoms with E-state index in [0.29, 0.717) is 0 Å². The van der Waals surface area contributed by atoms with E-state index in [1.54, 1.807) is 0 Å². The molecule has 1 aliphatic heterocycles. The van der Waals surface area contributed by atoms with E-state index in [-0.39, 0.29) is 0 Å². The molecule has 1 spiro atoms. The van der Waals surface area contributed by atoms with Gasteiger partial charge in [0, 0.05) is 39.0 Å². The van der Waals surface area contributed by atoms with Crippen LogP contribution in [0.5, 0.6) is 11.5 Å². The molecule has 1 aliphatic carbocycles. The van der Waals surface area contributed by atoms with E-state index < -0.39 is 5.41 Å². The second-order valence-electron chi connectivity index (χ2n) is 16.4. The highest BCUT2D eigenvalue weighted by Gasteiger charge is 2.52. The molecule has 0 radical (unpaired) electrons. The van der Waals surface area contributed by atoms with Crippen LogP contribution in [0.15, 0.2) is 224 Å². The Morgan fingerprint density at radius 3 is 1.38 bits per heavy atom. The third kappa shape index (κ3) is 4.91. The highest BCUT2D eigenvalue weighted by molar-refractivity contribution is 6.02. The number of benzene rings is 11. The molecule has 0 saturated carbocycles. The molecule has 0 amide bonds. The van der Waals surface area contributed by atoms with Crippen LogP contribution in [-0.2, 0) is 5.41 Å². The Bertz CT molecular complexity index is 3420. The number of fused-ring (bicyclic) bond motifs is 15. The smallest absolute Gasteiger partial charge is 0.140 e. The van der Waals surface area contributed by atoms with Gasteiger partial charge >= 0.3 is 0 Å². The van der Waals surface area contributed by atoms with E-state index in [0.717, 1.165) is 39.3 Å². The van der Waals surface area contributed by atoms with Crippen LogP contribution >= 0.6 is 0 Å². The zero-order valence-electron chi connectivity index (χ0n) is 33.2. The van der Waals surface area contributed by atoms with Crippen LogP contribution in [0.4, 0.5) is 17.1 Å². The minimum Gasteiger partial charge on any atom is -0.455 e. The maximum atomic E-state index is 7.19. The Kier molecular flexibility index (Phi) is 7.26. The van der Waals surface area contributed by atoms with Crippen LogP contribution in [0.1, 0.15) is 22.3 Å². The van der Waals surface area contributed by atoms with Gasteiger partial charge in [0.15, 0.2) is 0 Å². The largest absolute Gasteiger partial charge is 0.455 e. The highest BCUT2D eigenvalue weighted by Crippen LogP contribution is 2.65. The molecule has 0 saturated heterocycles. The molecule has 284 valence electrons. The summed E-state index contributed by atoms with van der Waals surface area (Å²) in [7, 11) is 0. The average Bonchev–Trinajstić information content (AvgIpc) is 3.62. The molecule has 0 atom stereocenters. The number of hydrogen-bond donors (Lipinski definition) is 0. The van der Waals surface area contributed by atoms with Crippen LogP contribution in [0.3, 0.4) is 0 Å². The van der Waals surface area contributed by atoms with Crippen molar-refractivity contribution in [3.8, 4) is 33.8 Å². The molecule has 61 heavy (non-hydrogen) atoms. The Morgan fingerprint density at radius 2 is 0.770 bits per heavy atom. The maximum absolute atomic E-state index is 7.19. The minimum absolute atomic E-state index is 0.595. The molecule has 13 rings (SSSR count). The van der Waals surface area contributed by atoms with Crippen LogP contribution in [-0.4, -0.2) is 0 Å². The van der Waals surface area contributed by atoms with E-state index >= 15 is 0 Å². The Morgan fingerprint density at radius 1 is 0.311 bits per heavy atom. The SMILES string of the molecule is c1ccc2c(c1)-c1c(-c3ccc(N(c4ccc5ccccc5c4)c4ccc5ccccc5c4)cc3)cccc1C21c2ccc3ccccc3c2Oc2c1ccc1ccccc21. The molecule has 2 aliphatic rings. The lowest BCUT2D eigenvalue weighted by Crippen LogP contribution is -2.32. The summed E-state index contributed by atoms with van der Waals surface area (Å²) in [5.41, 5.74) is 12.6. The summed E-state index contributed by atoms with van der Waals surface area (Å²) in [4.78, 5) is 2.38. The molecular weight excluding hydrogens is 739 g/mol. The van der Waals surface area contributed by atoms with Gasteiger partial charge in [-0.05, 0) is 102 Å². The zero-order valence-corrected chi connectivity index (χ0v) is 33.2. The number of anilines is 3. The lowest BCUT2D eigenvalue weighted by atomic mass is 9.65. The van der Waals surface area contributed by atoms with Crippen molar-refractivity contribution in [2.75, 3.05) is 4.90 Å². The second kappa shape index (κ2) is 13.0. The van der Waals surface area contributed by atoms with Crippen molar-refractivity contribution in [2.24, 2.45) is 0 Å². The van der Waals surface area contributed by atoms with Crippen LogP contribution in [0, 0.1) is 0 Å². The lowest BCUT2D eigenvalue weighted by molar-refractivity contribution is 0.447. The summed E-state index contributed by atoms with van der Waals surface area (Å²) in [6.45, 7) is 0. The number of ether oxygens (including phenoxy) is 1. The molecule has 2 nitrogen and oxygen atoms in total. The van der Waals surface area contributed by atoms with E-state index in [1.165, 1.54) is 76.8 Å². The molecule has 0 unspecified atom stereocenters. The van der Waals surface area contributed by atoms with Crippen LogP contribution in [0.25, 0.3) is 65.3 Å². The number of rotatable bonds is 4. The summed E-state index contributed by atoms with van der Waals surface area (Å²) in [5.74, 6) is 1.86. The van der Waals surface area contributed by atoms with E-state index in [4.69, 9.17) is 4.74 Å². The van der Waals surface area contributed by atoms with Gasteiger partial charge in [0.2, 0.25) is 0 Å². The van der Waals surface area contributed by atoms with Crippen LogP contribution in [0.2, 0.25) is 0 Å². The van der Waals surface area contributed by atoms with Gasteiger partial charge in [-0.25, -0.2) is 0 Å². The lowest BCUT2D eigenvalue weighted by Gasteiger charge is -2.40. The minimum atomic E-state index is -0.595. The van der Waals surface area contributed by atoms with Crippen molar-refractivity contribution in [1.82, 2.24) is 0 Å². The number of nitrogens with zero attached hydrogens (tertiary/aromatic N) is 1. The third-order valence-corrected chi connectivity index (χ3v) is 13.3. The van der Waals surface area contributed by atoms with Crippen molar-refractivity contribution in [3.05, 3.63) is 247 Å². The Hall–Kier alpha value is -7.94. The molecule has 11 aromatic rings.